The molecular weight excluding hydrogens is 335 g/mol. The lowest BCUT2D eigenvalue weighted by molar-refractivity contribution is -0.137. The third-order valence-corrected chi connectivity index (χ3v) is 4.54. The number of amides is 1. The molecule has 0 aromatic heterocycles. The number of rotatable bonds is 4. The molecule has 0 radical (unpaired) electrons. The molecule has 25 heavy (non-hydrogen) atoms. The average Bonchev–Trinajstić information content (AvgIpc) is 2.56. The van der Waals surface area contributed by atoms with Crippen molar-refractivity contribution in [1.29, 1.82) is 0 Å². The van der Waals surface area contributed by atoms with E-state index in [0.717, 1.165) is 49.9 Å². The van der Waals surface area contributed by atoms with Crippen LogP contribution in [-0.4, -0.2) is 24.0 Å². The fraction of sp³-hybridized carbons (Fsp3) is 0.556. The van der Waals surface area contributed by atoms with E-state index in [2.05, 4.69) is 12.2 Å². The van der Waals surface area contributed by atoms with Crippen LogP contribution in [0.15, 0.2) is 24.3 Å². The summed E-state index contributed by atoms with van der Waals surface area (Å²) in [5.41, 5.74) is -0.875. The van der Waals surface area contributed by atoms with Crippen molar-refractivity contribution in [2.24, 2.45) is 5.92 Å². The highest BCUT2D eigenvalue weighted by atomic mass is 19.4. The molecule has 2 rings (SSSR count). The highest BCUT2D eigenvalue weighted by Gasteiger charge is 2.31. The monoisotopic (exact) mass is 357 g/mol. The van der Waals surface area contributed by atoms with Gasteiger partial charge < -0.3 is 10.1 Å². The number of carbonyl (C=O) groups is 2. The Morgan fingerprint density at radius 3 is 2.32 bits per heavy atom. The van der Waals surface area contributed by atoms with Crippen LogP contribution in [-0.2, 0) is 15.7 Å². The average molecular weight is 357 g/mol. The summed E-state index contributed by atoms with van der Waals surface area (Å²) in [6, 6.07) is 3.77. The Labute approximate surface area is 144 Å². The lowest BCUT2D eigenvalue weighted by atomic mass is 9.86. The van der Waals surface area contributed by atoms with E-state index >= 15 is 0 Å². The second-order valence-electron chi connectivity index (χ2n) is 6.50. The summed E-state index contributed by atoms with van der Waals surface area (Å²) < 4.78 is 42.6. The minimum absolute atomic E-state index is 0.0290. The van der Waals surface area contributed by atoms with Gasteiger partial charge in [-0.05, 0) is 49.9 Å². The summed E-state index contributed by atoms with van der Waals surface area (Å²) in [5, 5.41) is 2.89. The Bertz CT molecular complexity index is 613. The minimum atomic E-state index is -4.47. The van der Waals surface area contributed by atoms with Crippen LogP contribution < -0.4 is 5.32 Å². The predicted octanol–water partition coefficient (Wildman–Crippen LogP) is 3.95. The minimum Gasteiger partial charge on any atom is -0.449 e. The van der Waals surface area contributed by atoms with Crippen molar-refractivity contribution in [2.75, 3.05) is 0 Å². The molecule has 7 heteroatoms. The molecule has 3 unspecified atom stereocenters. The molecule has 1 aliphatic carbocycles. The summed E-state index contributed by atoms with van der Waals surface area (Å²) in [7, 11) is 0. The van der Waals surface area contributed by atoms with Crippen LogP contribution in [0.3, 0.4) is 0 Å². The number of alkyl halides is 3. The largest absolute Gasteiger partial charge is 0.449 e. The van der Waals surface area contributed by atoms with Gasteiger partial charge in [0.05, 0.1) is 11.1 Å². The maximum Gasteiger partial charge on any atom is 0.416 e. The molecule has 138 valence electrons. The van der Waals surface area contributed by atoms with Crippen molar-refractivity contribution in [1.82, 2.24) is 5.32 Å². The fourth-order valence-corrected chi connectivity index (χ4v) is 2.91. The standard InChI is InChI=1S/C18H22F3NO3/c1-11-5-3-4-6-15(11)22-16(23)12(2)25-17(24)13-7-9-14(10-8-13)18(19,20)21/h7-12,15H,3-6H2,1-2H3,(H,22,23). The first-order valence-corrected chi connectivity index (χ1v) is 8.37. The van der Waals surface area contributed by atoms with E-state index in [1.54, 1.807) is 0 Å². The molecule has 0 spiro atoms. The molecule has 1 amide bonds. The smallest absolute Gasteiger partial charge is 0.416 e. The van der Waals surface area contributed by atoms with Gasteiger partial charge in [0.1, 0.15) is 0 Å². The van der Waals surface area contributed by atoms with Gasteiger partial charge in [-0.15, -0.1) is 0 Å². The first-order valence-electron chi connectivity index (χ1n) is 8.37. The molecule has 1 saturated carbocycles. The number of carbonyl (C=O) groups excluding carboxylic acids is 2. The van der Waals surface area contributed by atoms with Gasteiger partial charge in [-0.2, -0.15) is 13.2 Å². The van der Waals surface area contributed by atoms with Gasteiger partial charge in [0.15, 0.2) is 6.10 Å². The van der Waals surface area contributed by atoms with Crippen LogP contribution in [0.5, 0.6) is 0 Å². The quantitative estimate of drug-likeness (QED) is 0.831. The predicted molar refractivity (Wildman–Crippen MR) is 85.9 cm³/mol. The molecule has 1 aromatic rings. The van der Waals surface area contributed by atoms with Gasteiger partial charge in [-0.25, -0.2) is 4.79 Å². The molecule has 1 fully saturated rings. The maximum atomic E-state index is 12.5. The zero-order valence-electron chi connectivity index (χ0n) is 14.2. The molecular formula is C18H22F3NO3. The number of benzene rings is 1. The molecule has 0 heterocycles. The maximum absolute atomic E-state index is 12.5. The molecule has 0 bridgehead atoms. The fourth-order valence-electron chi connectivity index (χ4n) is 2.91. The first-order chi connectivity index (χ1) is 11.7. The Balaban J connectivity index is 1.91. The molecule has 1 aromatic carbocycles. The molecule has 1 N–H and O–H groups in total. The van der Waals surface area contributed by atoms with Crippen LogP contribution in [0.2, 0.25) is 0 Å². The zero-order valence-corrected chi connectivity index (χ0v) is 14.2. The third-order valence-electron chi connectivity index (χ3n) is 4.54. The Hall–Kier alpha value is -2.05. The summed E-state index contributed by atoms with van der Waals surface area (Å²) in [5.74, 6) is -0.845. The van der Waals surface area contributed by atoms with Gasteiger partial charge in [-0.1, -0.05) is 19.8 Å². The van der Waals surface area contributed by atoms with Crippen molar-refractivity contribution in [3.8, 4) is 0 Å². The molecule has 1 aliphatic rings. The van der Waals surface area contributed by atoms with Gasteiger partial charge in [-0.3, -0.25) is 4.79 Å². The topological polar surface area (TPSA) is 55.4 Å². The van der Waals surface area contributed by atoms with Gasteiger partial charge in [0.25, 0.3) is 5.91 Å². The third kappa shape index (κ3) is 5.21. The van der Waals surface area contributed by atoms with E-state index < -0.39 is 23.8 Å². The van der Waals surface area contributed by atoms with Gasteiger partial charge in [0, 0.05) is 6.04 Å². The molecule has 4 nitrogen and oxygen atoms in total. The van der Waals surface area contributed by atoms with Crippen LogP contribution in [0.1, 0.15) is 55.5 Å². The SMILES string of the molecule is CC(OC(=O)c1ccc(C(F)(F)F)cc1)C(=O)NC1CCCCC1C. The van der Waals surface area contributed by atoms with Crippen LogP contribution in [0, 0.1) is 5.92 Å². The second-order valence-corrected chi connectivity index (χ2v) is 6.50. The highest BCUT2D eigenvalue weighted by molar-refractivity contribution is 5.92. The molecule has 0 aliphatic heterocycles. The van der Waals surface area contributed by atoms with Gasteiger partial charge >= 0.3 is 12.1 Å². The van der Waals surface area contributed by atoms with Crippen molar-refractivity contribution >= 4 is 11.9 Å². The van der Waals surface area contributed by atoms with E-state index in [4.69, 9.17) is 4.74 Å². The summed E-state index contributed by atoms with van der Waals surface area (Å²) in [6.45, 7) is 3.52. The van der Waals surface area contributed by atoms with E-state index in [-0.39, 0.29) is 17.5 Å². The number of ether oxygens (including phenoxy) is 1. The summed E-state index contributed by atoms with van der Waals surface area (Å²) >= 11 is 0. The lowest BCUT2D eigenvalue weighted by Crippen LogP contribution is -2.45. The van der Waals surface area contributed by atoms with E-state index in [0.29, 0.717) is 5.92 Å². The van der Waals surface area contributed by atoms with Gasteiger partial charge in [0.2, 0.25) is 0 Å². The lowest BCUT2D eigenvalue weighted by Gasteiger charge is -2.30. The highest BCUT2D eigenvalue weighted by Crippen LogP contribution is 2.29. The van der Waals surface area contributed by atoms with Crippen molar-refractivity contribution < 1.29 is 27.5 Å². The van der Waals surface area contributed by atoms with Crippen molar-refractivity contribution in [3.05, 3.63) is 35.4 Å². The zero-order chi connectivity index (χ0) is 18.6. The van der Waals surface area contributed by atoms with E-state index in [9.17, 15) is 22.8 Å². The number of hydrogen-bond acceptors (Lipinski definition) is 3. The number of hydrogen-bond donors (Lipinski definition) is 1. The van der Waals surface area contributed by atoms with Crippen molar-refractivity contribution in [2.45, 2.75) is 57.9 Å². The number of esters is 1. The van der Waals surface area contributed by atoms with Crippen LogP contribution >= 0.6 is 0 Å². The number of nitrogens with one attached hydrogen (secondary N) is 1. The van der Waals surface area contributed by atoms with E-state index in [1.807, 2.05) is 0 Å². The second kappa shape index (κ2) is 7.89. The van der Waals surface area contributed by atoms with Crippen LogP contribution in [0.4, 0.5) is 13.2 Å². The first kappa shape index (κ1) is 19.3. The van der Waals surface area contributed by atoms with Crippen molar-refractivity contribution in [3.63, 3.8) is 0 Å². The Morgan fingerprint density at radius 1 is 1.16 bits per heavy atom. The van der Waals surface area contributed by atoms with E-state index in [1.165, 1.54) is 6.92 Å². The number of halogens is 3. The Kier molecular flexibility index (Phi) is 6.08. The summed E-state index contributed by atoms with van der Waals surface area (Å²) in [6.07, 6.45) is -1.34. The molecule has 3 atom stereocenters. The Morgan fingerprint density at radius 2 is 1.76 bits per heavy atom. The normalized spacial score (nSPS) is 22.1. The molecule has 0 saturated heterocycles. The van der Waals surface area contributed by atoms with Crippen LogP contribution in [0.25, 0.3) is 0 Å². The summed E-state index contributed by atoms with van der Waals surface area (Å²) in [4.78, 5) is 24.2.